The van der Waals surface area contributed by atoms with E-state index >= 15 is 0 Å². The molecule has 4 rings (SSSR count). The van der Waals surface area contributed by atoms with Crippen molar-refractivity contribution in [3.63, 3.8) is 0 Å². The molecule has 0 saturated heterocycles. The third-order valence-electron chi connectivity index (χ3n) is 5.79. The average Bonchev–Trinajstić information content (AvgIpc) is 3.41. The first-order valence-corrected chi connectivity index (χ1v) is 12.5. The molecule has 0 aliphatic rings. The smallest absolute Gasteiger partial charge is 0.255 e. The highest BCUT2D eigenvalue weighted by Gasteiger charge is 2.30. The van der Waals surface area contributed by atoms with Gasteiger partial charge in [0.15, 0.2) is 17.3 Å². The van der Waals surface area contributed by atoms with Crippen molar-refractivity contribution in [1.29, 1.82) is 0 Å². The summed E-state index contributed by atoms with van der Waals surface area (Å²) in [7, 11) is 2.48. The Morgan fingerprint density at radius 3 is 1.95 bits per heavy atom. The monoisotopic (exact) mass is 513 g/mol. The predicted octanol–water partition coefficient (Wildman–Crippen LogP) is 7.40. The number of hydrogen-bond donors (Lipinski definition) is 2. The number of nitrogen functional groups attached to an aromatic ring is 1. The topological polar surface area (TPSA) is 103 Å². The molecule has 190 valence electrons. The standard InChI is InChI=1S/C27H32N9P/c1-26(2,3)22-20(24(28)35(32-22)18-11-9-8-10-12-18)30-31-25-21(29-7)23(27(4,5)6)33-36(25)19-15-13-17(34-37)14-16-19/h8-16,34H,28,37H2,1-6H3. The molecular weight excluding hydrogens is 481 g/mol. The molecule has 2 heterocycles. The molecule has 0 aliphatic heterocycles. The maximum absolute atomic E-state index is 7.94. The third kappa shape index (κ3) is 5.11. The quantitative estimate of drug-likeness (QED) is 0.165. The number of hydrogen-bond acceptors (Lipinski definition) is 6. The van der Waals surface area contributed by atoms with E-state index in [1.807, 2.05) is 75.4 Å². The van der Waals surface area contributed by atoms with Crippen LogP contribution in [0.25, 0.3) is 16.2 Å². The molecule has 9 nitrogen and oxygen atoms in total. The summed E-state index contributed by atoms with van der Waals surface area (Å²) in [6.45, 7) is 20.2. The minimum atomic E-state index is -0.370. The maximum Gasteiger partial charge on any atom is 0.255 e. The number of nitrogens with two attached hydrogens (primary N) is 1. The first-order chi connectivity index (χ1) is 17.5. The minimum absolute atomic E-state index is 0.344. The summed E-state index contributed by atoms with van der Waals surface area (Å²) in [5, 5.41) is 21.8. The molecular formula is C27H32N9P. The molecule has 3 N–H and O–H groups in total. The highest BCUT2D eigenvalue weighted by atomic mass is 31.0. The summed E-state index contributed by atoms with van der Waals surface area (Å²) in [6.07, 6.45) is 0. The highest BCUT2D eigenvalue weighted by Crippen LogP contribution is 2.43. The highest BCUT2D eigenvalue weighted by molar-refractivity contribution is 7.18. The Morgan fingerprint density at radius 2 is 1.41 bits per heavy atom. The molecule has 2 aromatic heterocycles. The maximum atomic E-state index is 7.94. The number of para-hydroxylation sites is 1. The first kappa shape index (κ1) is 26.1. The fraction of sp³-hybridized carbons (Fsp3) is 0.296. The average molecular weight is 514 g/mol. The Balaban J connectivity index is 1.92. The van der Waals surface area contributed by atoms with Gasteiger partial charge < -0.3 is 10.8 Å². The van der Waals surface area contributed by atoms with Gasteiger partial charge in [0, 0.05) is 11.1 Å². The number of nitrogens with one attached hydrogen (secondary N) is 1. The zero-order chi connectivity index (χ0) is 27.0. The van der Waals surface area contributed by atoms with Crippen LogP contribution in [0.5, 0.6) is 0 Å². The van der Waals surface area contributed by atoms with Gasteiger partial charge in [0.25, 0.3) is 5.69 Å². The van der Waals surface area contributed by atoms with Gasteiger partial charge >= 0.3 is 0 Å². The van der Waals surface area contributed by atoms with E-state index < -0.39 is 0 Å². The summed E-state index contributed by atoms with van der Waals surface area (Å²) in [6, 6.07) is 17.4. The number of anilines is 2. The minimum Gasteiger partial charge on any atom is -0.382 e. The number of rotatable bonds is 5. The van der Waals surface area contributed by atoms with Gasteiger partial charge in [-0.15, -0.1) is 10.2 Å². The van der Waals surface area contributed by atoms with Crippen LogP contribution in [-0.2, 0) is 10.8 Å². The van der Waals surface area contributed by atoms with Crippen LogP contribution in [0.15, 0.2) is 64.8 Å². The van der Waals surface area contributed by atoms with Gasteiger partial charge in [-0.3, -0.25) is 0 Å². The van der Waals surface area contributed by atoms with Gasteiger partial charge in [-0.05, 0) is 51.2 Å². The van der Waals surface area contributed by atoms with E-state index in [1.165, 1.54) is 0 Å². The Morgan fingerprint density at radius 1 is 0.838 bits per heavy atom. The van der Waals surface area contributed by atoms with Crippen LogP contribution in [0.3, 0.4) is 0 Å². The van der Waals surface area contributed by atoms with Crippen molar-refractivity contribution in [1.82, 2.24) is 19.6 Å². The Hall–Kier alpha value is -4.02. The van der Waals surface area contributed by atoms with Gasteiger partial charge in [-0.2, -0.15) is 10.2 Å². The molecule has 0 aliphatic carbocycles. The molecule has 37 heavy (non-hydrogen) atoms. The zero-order valence-electron chi connectivity index (χ0n) is 22.0. The van der Waals surface area contributed by atoms with Crippen molar-refractivity contribution in [2.24, 2.45) is 10.2 Å². The predicted molar refractivity (Wildman–Crippen MR) is 153 cm³/mol. The van der Waals surface area contributed by atoms with Crippen molar-refractivity contribution < 1.29 is 0 Å². The second-order valence-electron chi connectivity index (χ2n) is 10.8. The van der Waals surface area contributed by atoms with Crippen LogP contribution in [-0.4, -0.2) is 19.6 Å². The molecule has 0 spiro atoms. The third-order valence-corrected chi connectivity index (χ3v) is 6.12. The van der Waals surface area contributed by atoms with Crippen molar-refractivity contribution in [3.8, 4) is 11.4 Å². The summed E-state index contributed by atoms with van der Waals surface area (Å²) in [4.78, 5) is 3.82. The number of nitrogens with zero attached hydrogens (tertiary/aromatic N) is 7. The molecule has 0 saturated carbocycles. The van der Waals surface area contributed by atoms with Crippen molar-refractivity contribution >= 4 is 38.1 Å². The molecule has 0 amide bonds. The van der Waals surface area contributed by atoms with Crippen LogP contribution < -0.4 is 10.8 Å². The van der Waals surface area contributed by atoms with E-state index in [2.05, 4.69) is 50.3 Å². The van der Waals surface area contributed by atoms with Gasteiger partial charge in [-0.25, -0.2) is 14.2 Å². The van der Waals surface area contributed by atoms with E-state index in [1.54, 1.807) is 9.36 Å². The number of azo groups is 1. The summed E-state index contributed by atoms with van der Waals surface area (Å²) in [5.41, 5.74) is 10.6. The molecule has 1 unspecified atom stereocenters. The van der Waals surface area contributed by atoms with Crippen molar-refractivity contribution in [2.75, 3.05) is 10.8 Å². The lowest BCUT2D eigenvalue weighted by atomic mass is 9.91. The second-order valence-corrected chi connectivity index (χ2v) is 11.1. The van der Waals surface area contributed by atoms with Crippen molar-refractivity contribution in [3.05, 3.63) is 77.4 Å². The molecule has 1 atom stereocenters. The molecule has 4 aromatic rings. The van der Waals surface area contributed by atoms with Gasteiger partial charge in [-0.1, -0.05) is 59.7 Å². The number of aromatic nitrogens is 4. The Kier molecular flexibility index (Phi) is 6.90. The summed E-state index contributed by atoms with van der Waals surface area (Å²) in [5.74, 6) is 0.723. The van der Waals surface area contributed by atoms with E-state index in [0.717, 1.165) is 17.1 Å². The van der Waals surface area contributed by atoms with E-state index in [4.69, 9.17) is 22.5 Å². The lowest BCUT2D eigenvalue weighted by Gasteiger charge is -2.15. The van der Waals surface area contributed by atoms with Crippen LogP contribution in [0.4, 0.5) is 28.7 Å². The SMILES string of the molecule is [C-]#[N+]c1c(C(C)(C)C)nn(-c2ccc(NP)cc2)c1N=Nc1c(C(C)(C)C)nn(-c2ccccc2)c1N. The van der Waals surface area contributed by atoms with E-state index in [0.29, 0.717) is 34.4 Å². The van der Waals surface area contributed by atoms with Gasteiger partial charge in [0.05, 0.1) is 29.3 Å². The van der Waals surface area contributed by atoms with E-state index in [-0.39, 0.29) is 10.8 Å². The van der Waals surface area contributed by atoms with Crippen LogP contribution in [0.2, 0.25) is 0 Å². The van der Waals surface area contributed by atoms with E-state index in [9.17, 15) is 0 Å². The summed E-state index contributed by atoms with van der Waals surface area (Å²) < 4.78 is 3.34. The second kappa shape index (κ2) is 9.79. The molecule has 0 bridgehead atoms. The zero-order valence-corrected chi connectivity index (χ0v) is 23.1. The largest absolute Gasteiger partial charge is 0.382 e. The van der Waals surface area contributed by atoms with Crippen LogP contribution in [0.1, 0.15) is 52.9 Å². The van der Waals surface area contributed by atoms with Gasteiger partial charge in [0.2, 0.25) is 0 Å². The van der Waals surface area contributed by atoms with Crippen LogP contribution >= 0.6 is 9.39 Å². The fourth-order valence-corrected chi connectivity index (χ4v) is 4.06. The fourth-order valence-electron chi connectivity index (χ4n) is 3.87. The lowest BCUT2D eigenvalue weighted by molar-refractivity contribution is 0.560. The number of benzene rings is 2. The van der Waals surface area contributed by atoms with Crippen LogP contribution in [0, 0.1) is 6.57 Å². The molecule has 10 heteroatoms. The lowest BCUT2D eigenvalue weighted by Crippen LogP contribution is -2.13. The molecule has 0 radical (unpaired) electrons. The van der Waals surface area contributed by atoms with Crippen molar-refractivity contribution in [2.45, 2.75) is 52.4 Å². The Bertz CT molecular complexity index is 1480. The normalized spacial score (nSPS) is 12.2. The molecule has 0 fully saturated rings. The first-order valence-electron chi connectivity index (χ1n) is 11.9. The van der Waals surface area contributed by atoms with Gasteiger partial charge in [0.1, 0.15) is 0 Å². The Labute approximate surface area is 219 Å². The summed E-state index contributed by atoms with van der Waals surface area (Å²) >= 11 is 0. The molecule has 2 aromatic carbocycles.